The Hall–Kier alpha value is -0.900. The van der Waals surface area contributed by atoms with Crippen LogP contribution in [0, 0.1) is 0 Å². The molecule has 0 aliphatic rings. The molecular formula is C12H18O3. The summed E-state index contributed by atoms with van der Waals surface area (Å²) in [6.45, 7) is 2.78. The summed E-state index contributed by atoms with van der Waals surface area (Å²) in [5.41, 5.74) is -2.35. The van der Waals surface area contributed by atoms with E-state index in [0.717, 1.165) is 0 Å². The normalized spacial score (nSPS) is 19.3. The molecule has 0 heterocycles. The second-order valence-electron chi connectivity index (χ2n) is 3.98. The van der Waals surface area contributed by atoms with E-state index in [1.54, 1.807) is 31.2 Å². The van der Waals surface area contributed by atoms with Gasteiger partial charge in [-0.05, 0) is 18.9 Å². The Morgan fingerprint density at radius 2 is 1.67 bits per heavy atom. The lowest BCUT2D eigenvalue weighted by Crippen LogP contribution is -2.52. The van der Waals surface area contributed by atoms with Crippen LogP contribution >= 0.6 is 0 Å². The molecule has 3 N–H and O–H groups in total. The second kappa shape index (κ2) is 4.31. The first-order valence-corrected chi connectivity index (χ1v) is 5.09. The highest BCUT2D eigenvalue weighted by Gasteiger charge is 2.45. The monoisotopic (exact) mass is 210 g/mol. The highest BCUT2D eigenvalue weighted by molar-refractivity contribution is 5.25. The van der Waals surface area contributed by atoms with Crippen LogP contribution in [0.1, 0.15) is 25.8 Å². The molecule has 0 bridgehead atoms. The van der Waals surface area contributed by atoms with E-state index < -0.39 is 17.8 Å². The summed E-state index contributed by atoms with van der Waals surface area (Å²) in [7, 11) is 0. The number of aliphatic hydroxyl groups is 3. The van der Waals surface area contributed by atoms with Gasteiger partial charge in [0, 0.05) is 0 Å². The van der Waals surface area contributed by atoms with E-state index in [1.165, 1.54) is 6.92 Å². The van der Waals surface area contributed by atoms with Crippen molar-refractivity contribution in [3.05, 3.63) is 35.9 Å². The summed E-state index contributed by atoms with van der Waals surface area (Å²) in [6.07, 6.45) is 0.283. The van der Waals surface area contributed by atoms with Crippen LogP contribution in [0.3, 0.4) is 0 Å². The van der Waals surface area contributed by atoms with Crippen molar-refractivity contribution < 1.29 is 15.3 Å². The van der Waals surface area contributed by atoms with Gasteiger partial charge in [-0.15, -0.1) is 0 Å². The van der Waals surface area contributed by atoms with E-state index >= 15 is 0 Å². The van der Waals surface area contributed by atoms with Gasteiger partial charge in [-0.3, -0.25) is 0 Å². The van der Waals surface area contributed by atoms with Gasteiger partial charge in [0.25, 0.3) is 0 Å². The van der Waals surface area contributed by atoms with E-state index in [4.69, 9.17) is 0 Å². The van der Waals surface area contributed by atoms with Crippen LogP contribution in [0.2, 0.25) is 0 Å². The third-order valence-electron chi connectivity index (χ3n) is 3.09. The molecule has 0 aromatic heterocycles. The molecule has 0 saturated carbocycles. The maximum Gasteiger partial charge on any atom is 0.120 e. The molecular weight excluding hydrogens is 192 g/mol. The molecule has 1 aromatic rings. The molecule has 0 fully saturated rings. The first-order valence-electron chi connectivity index (χ1n) is 5.09. The van der Waals surface area contributed by atoms with E-state index in [0.29, 0.717) is 5.56 Å². The zero-order chi connectivity index (χ0) is 11.5. The van der Waals surface area contributed by atoms with Gasteiger partial charge in [0.15, 0.2) is 0 Å². The van der Waals surface area contributed by atoms with Gasteiger partial charge in [0.2, 0.25) is 0 Å². The van der Waals surface area contributed by atoms with Gasteiger partial charge in [0.05, 0.1) is 6.61 Å². The number of hydrogen-bond donors (Lipinski definition) is 3. The van der Waals surface area contributed by atoms with Crippen LogP contribution in [-0.4, -0.2) is 27.5 Å². The van der Waals surface area contributed by atoms with Gasteiger partial charge in [-0.1, -0.05) is 37.3 Å². The smallest absolute Gasteiger partial charge is 0.120 e. The van der Waals surface area contributed by atoms with E-state index in [2.05, 4.69) is 0 Å². The summed E-state index contributed by atoms with van der Waals surface area (Å²) >= 11 is 0. The van der Waals surface area contributed by atoms with Gasteiger partial charge in [0.1, 0.15) is 11.2 Å². The molecule has 0 spiro atoms. The van der Waals surface area contributed by atoms with Crippen molar-refractivity contribution in [1.29, 1.82) is 0 Å². The Morgan fingerprint density at radius 3 is 2.07 bits per heavy atom. The van der Waals surface area contributed by atoms with Crippen molar-refractivity contribution in [2.45, 2.75) is 31.5 Å². The first-order chi connectivity index (χ1) is 6.98. The fraction of sp³-hybridized carbons (Fsp3) is 0.500. The van der Waals surface area contributed by atoms with Crippen LogP contribution in [0.4, 0.5) is 0 Å². The number of rotatable bonds is 4. The van der Waals surface area contributed by atoms with E-state index in [1.807, 2.05) is 6.07 Å². The minimum atomic E-state index is -1.51. The molecule has 0 aliphatic heterocycles. The minimum absolute atomic E-state index is 0.283. The van der Waals surface area contributed by atoms with Crippen molar-refractivity contribution in [3.63, 3.8) is 0 Å². The predicted octanol–water partition coefficient (Wildman–Crippen LogP) is 1.03. The maximum absolute atomic E-state index is 10.3. The average Bonchev–Trinajstić information content (AvgIpc) is 2.29. The van der Waals surface area contributed by atoms with Gasteiger partial charge in [-0.25, -0.2) is 0 Å². The Bertz CT molecular complexity index is 302. The molecule has 84 valence electrons. The van der Waals surface area contributed by atoms with Crippen LogP contribution in [-0.2, 0) is 5.60 Å². The summed E-state index contributed by atoms with van der Waals surface area (Å²) in [5.74, 6) is 0. The second-order valence-corrected chi connectivity index (χ2v) is 3.98. The fourth-order valence-electron chi connectivity index (χ4n) is 1.64. The number of aliphatic hydroxyl groups excluding tert-OH is 1. The van der Waals surface area contributed by atoms with Crippen LogP contribution in [0.15, 0.2) is 30.3 Å². The van der Waals surface area contributed by atoms with Crippen molar-refractivity contribution in [2.75, 3.05) is 6.61 Å². The molecule has 3 heteroatoms. The maximum atomic E-state index is 10.3. The third-order valence-corrected chi connectivity index (χ3v) is 3.09. The quantitative estimate of drug-likeness (QED) is 0.695. The Labute approximate surface area is 90.0 Å². The van der Waals surface area contributed by atoms with Crippen molar-refractivity contribution in [3.8, 4) is 0 Å². The van der Waals surface area contributed by atoms with Crippen LogP contribution in [0.5, 0.6) is 0 Å². The number of hydrogen-bond acceptors (Lipinski definition) is 3. The highest BCUT2D eigenvalue weighted by Crippen LogP contribution is 2.34. The van der Waals surface area contributed by atoms with Crippen molar-refractivity contribution in [1.82, 2.24) is 0 Å². The molecule has 0 saturated heterocycles. The Morgan fingerprint density at radius 1 is 1.13 bits per heavy atom. The van der Waals surface area contributed by atoms with Gasteiger partial charge < -0.3 is 15.3 Å². The zero-order valence-corrected chi connectivity index (χ0v) is 9.14. The van der Waals surface area contributed by atoms with Crippen molar-refractivity contribution >= 4 is 0 Å². The Balaban J connectivity index is 3.12. The van der Waals surface area contributed by atoms with Crippen LogP contribution < -0.4 is 0 Å². The summed E-state index contributed by atoms with van der Waals surface area (Å²) in [6, 6.07) is 8.88. The van der Waals surface area contributed by atoms with Gasteiger partial charge >= 0.3 is 0 Å². The standard InChI is InChI=1S/C12H18O3/c1-3-12(15,9-13)11(2,14)10-7-5-4-6-8-10/h4-8,13-15H,3,9H2,1-2H3. The molecule has 0 aliphatic carbocycles. The third kappa shape index (κ3) is 2.04. The topological polar surface area (TPSA) is 60.7 Å². The summed E-state index contributed by atoms with van der Waals surface area (Å²) in [5, 5.41) is 29.6. The van der Waals surface area contributed by atoms with Crippen molar-refractivity contribution in [2.24, 2.45) is 0 Å². The lowest BCUT2D eigenvalue weighted by atomic mass is 9.78. The summed E-state index contributed by atoms with van der Waals surface area (Å²) in [4.78, 5) is 0. The van der Waals surface area contributed by atoms with E-state index in [9.17, 15) is 15.3 Å². The largest absolute Gasteiger partial charge is 0.393 e. The highest BCUT2D eigenvalue weighted by atomic mass is 16.4. The lowest BCUT2D eigenvalue weighted by molar-refractivity contribution is -0.170. The molecule has 2 atom stereocenters. The fourth-order valence-corrected chi connectivity index (χ4v) is 1.64. The molecule has 3 nitrogen and oxygen atoms in total. The molecule has 1 aromatic carbocycles. The molecule has 0 amide bonds. The van der Waals surface area contributed by atoms with Crippen LogP contribution in [0.25, 0.3) is 0 Å². The average molecular weight is 210 g/mol. The van der Waals surface area contributed by atoms with Gasteiger partial charge in [-0.2, -0.15) is 0 Å². The SMILES string of the molecule is CCC(O)(CO)C(C)(O)c1ccccc1. The molecule has 1 rings (SSSR count). The van der Waals surface area contributed by atoms with E-state index in [-0.39, 0.29) is 6.42 Å². The number of benzene rings is 1. The predicted molar refractivity (Wildman–Crippen MR) is 58.3 cm³/mol. The molecule has 2 unspecified atom stereocenters. The molecule has 15 heavy (non-hydrogen) atoms. The minimum Gasteiger partial charge on any atom is -0.393 e. The lowest BCUT2D eigenvalue weighted by Gasteiger charge is -2.39. The summed E-state index contributed by atoms with van der Waals surface area (Å²) < 4.78 is 0. The zero-order valence-electron chi connectivity index (χ0n) is 9.14. The molecule has 0 radical (unpaired) electrons. The Kier molecular flexibility index (Phi) is 3.50. The first kappa shape index (κ1) is 12.2.